The van der Waals surface area contributed by atoms with Gasteiger partial charge in [-0.15, -0.1) is 24.0 Å². The Bertz CT molecular complexity index is 521. The van der Waals surface area contributed by atoms with Crippen LogP contribution in [0.5, 0.6) is 0 Å². The number of nitrogens with one attached hydrogen (secondary N) is 3. The van der Waals surface area contributed by atoms with Crippen molar-refractivity contribution in [2.24, 2.45) is 4.99 Å². The summed E-state index contributed by atoms with van der Waals surface area (Å²) in [4.78, 5) is 16.2. The van der Waals surface area contributed by atoms with E-state index in [1.807, 2.05) is 31.2 Å². The van der Waals surface area contributed by atoms with Crippen molar-refractivity contribution in [1.82, 2.24) is 16.0 Å². The lowest BCUT2D eigenvalue weighted by Gasteiger charge is -2.12. The molecule has 0 radical (unpaired) electrons. The molecule has 0 heterocycles. The van der Waals surface area contributed by atoms with Gasteiger partial charge in [-0.3, -0.25) is 9.79 Å². The Morgan fingerprint density at radius 2 is 1.73 bits per heavy atom. The van der Waals surface area contributed by atoms with Crippen molar-refractivity contribution < 1.29 is 9.53 Å². The molecular formula is C19H33IN4O2. The molecule has 0 saturated carbocycles. The van der Waals surface area contributed by atoms with Crippen LogP contribution in [0.3, 0.4) is 0 Å². The predicted molar refractivity (Wildman–Crippen MR) is 118 cm³/mol. The smallest absolute Gasteiger partial charge is 0.251 e. The van der Waals surface area contributed by atoms with Crippen LogP contribution in [0.2, 0.25) is 0 Å². The van der Waals surface area contributed by atoms with E-state index in [2.05, 4.69) is 27.9 Å². The van der Waals surface area contributed by atoms with E-state index in [9.17, 15) is 4.79 Å². The Kier molecular flexibility index (Phi) is 15.0. The third-order valence-electron chi connectivity index (χ3n) is 3.68. The molecule has 7 heteroatoms. The first-order valence-corrected chi connectivity index (χ1v) is 9.10. The van der Waals surface area contributed by atoms with Gasteiger partial charge in [0.2, 0.25) is 0 Å². The van der Waals surface area contributed by atoms with E-state index in [0.717, 1.165) is 57.1 Å². The van der Waals surface area contributed by atoms with Gasteiger partial charge in [-0.25, -0.2) is 0 Å². The van der Waals surface area contributed by atoms with Gasteiger partial charge in [-0.05, 0) is 37.5 Å². The molecule has 0 fully saturated rings. The summed E-state index contributed by atoms with van der Waals surface area (Å²) in [6, 6.07) is 7.64. The zero-order valence-electron chi connectivity index (χ0n) is 16.1. The van der Waals surface area contributed by atoms with Crippen molar-refractivity contribution in [1.29, 1.82) is 0 Å². The summed E-state index contributed by atoms with van der Waals surface area (Å²) in [6.07, 6.45) is 3.02. The summed E-state index contributed by atoms with van der Waals surface area (Å²) in [5.74, 6) is 0.748. The van der Waals surface area contributed by atoms with Crippen LogP contribution in [0.25, 0.3) is 0 Å². The van der Waals surface area contributed by atoms with Gasteiger partial charge < -0.3 is 20.7 Å². The molecule has 0 bridgehead atoms. The van der Waals surface area contributed by atoms with E-state index in [4.69, 9.17) is 4.74 Å². The lowest BCUT2D eigenvalue weighted by Crippen LogP contribution is -2.37. The van der Waals surface area contributed by atoms with Crippen LogP contribution in [-0.4, -0.2) is 45.2 Å². The van der Waals surface area contributed by atoms with Crippen molar-refractivity contribution in [2.45, 2.75) is 39.7 Å². The fourth-order valence-electron chi connectivity index (χ4n) is 2.19. The minimum absolute atomic E-state index is 0. The second-order valence-electron chi connectivity index (χ2n) is 5.71. The number of unbranched alkanes of at least 4 members (excludes halogenated alkanes) is 1. The molecule has 6 nitrogen and oxygen atoms in total. The van der Waals surface area contributed by atoms with E-state index in [-0.39, 0.29) is 29.9 Å². The zero-order valence-corrected chi connectivity index (χ0v) is 18.5. The van der Waals surface area contributed by atoms with Crippen LogP contribution < -0.4 is 16.0 Å². The second kappa shape index (κ2) is 15.9. The van der Waals surface area contributed by atoms with E-state index in [1.165, 1.54) is 0 Å². The number of rotatable bonds is 11. The molecule has 26 heavy (non-hydrogen) atoms. The number of aliphatic imine (C=N–C) groups is 1. The molecule has 0 spiro atoms. The lowest BCUT2D eigenvalue weighted by molar-refractivity contribution is 0.0953. The number of hydrogen-bond donors (Lipinski definition) is 3. The third-order valence-corrected chi connectivity index (χ3v) is 3.68. The Morgan fingerprint density at radius 3 is 2.35 bits per heavy atom. The highest BCUT2D eigenvalue weighted by Crippen LogP contribution is 2.04. The highest BCUT2D eigenvalue weighted by molar-refractivity contribution is 14.0. The molecule has 148 valence electrons. The van der Waals surface area contributed by atoms with Crippen LogP contribution in [0, 0.1) is 0 Å². The monoisotopic (exact) mass is 476 g/mol. The van der Waals surface area contributed by atoms with E-state index in [1.54, 1.807) is 7.05 Å². The molecule has 0 aliphatic rings. The SMILES string of the molecule is CCCCNC(=O)c1ccc(CNC(=NC)NCCCOCC)cc1.I. The Hall–Kier alpha value is -1.35. The van der Waals surface area contributed by atoms with Crippen LogP contribution in [0.15, 0.2) is 29.3 Å². The van der Waals surface area contributed by atoms with E-state index < -0.39 is 0 Å². The Balaban J connectivity index is 0.00000625. The van der Waals surface area contributed by atoms with Crippen molar-refractivity contribution in [3.05, 3.63) is 35.4 Å². The molecule has 0 unspecified atom stereocenters. The highest BCUT2D eigenvalue weighted by atomic mass is 127. The summed E-state index contributed by atoms with van der Waals surface area (Å²) >= 11 is 0. The first-order chi connectivity index (χ1) is 12.2. The molecule has 0 aliphatic heterocycles. The molecule has 1 aromatic rings. The summed E-state index contributed by atoms with van der Waals surface area (Å²) in [5, 5.41) is 9.44. The summed E-state index contributed by atoms with van der Waals surface area (Å²) < 4.78 is 5.31. The largest absolute Gasteiger partial charge is 0.382 e. The number of amides is 1. The van der Waals surface area contributed by atoms with Crippen molar-refractivity contribution in [3.8, 4) is 0 Å². The second-order valence-corrected chi connectivity index (χ2v) is 5.71. The number of benzene rings is 1. The number of ether oxygens (including phenoxy) is 1. The van der Waals surface area contributed by atoms with E-state index >= 15 is 0 Å². The average Bonchev–Trinajstić information content (AvgIpc) is 2.64. The maximum absolute atomic E-state index is 12.0. The van der Waals surface area contributed by atoms with Crippen molar-refractivity contribution >= 4 is 35.8 Å². The fourth-order valence-corrected chi connectivity index (χ4v) is 2.19. The van der Waals surface area contributed by atoms with Crippen molar-refractivity contribution in [2.75, 3.05) is 33.4 Å². The van der Waals surface area contributed by atoms with Gasteiger partial charge in [0, 0.05) is 45.5 Å². The normalized spacial score (nSPS) is 10.8. The predicted octanol–water partition coefficient (Wildman–Crippen LogP) is 2.93. The minimum atomic E-state index is -0.0141. The maximum Gasteiger partial charge on any atom is 0.251 e. The summed E-state index contributed by atoms with van der Waals surface area (Å²) in [6.45, 7) is 7.80. The number of halogens is 1. The minimum Gasteiger partial charge on any atom is -0.382 e. The quantitative estimate of drug-likeness (QED) is 0.199. The zero-order chi connectivity index (χ0) is 18.3. The van der Waals surface area contributed by atoms with Crippen LogP contribution in [0.4, 0.5) is 0 Å². The molecule has 1 aromatic carbocycles. The first-order valence-electron chi connectivity index (χ1n) is 9.10. The lowest BCUT2D eigenvalue weighted by atomic mass is 10.1. The van der Waals surface area contributed by atoms with Gasteiger partial charge in [-0.2, -0.15) is 0 Å². The first kappa shape index (κ1) is 24.7. The van der Waals surface area contributed by atoms with Gasteiger partial charge >= 0.3 is 0 Å². The molecule has 1 amide bonds. The molecule has 0 aromatic heterocycles. The Morgan fingerprint density at radius 1 is 1.04 bits per heavy atom. The van der Waals surface area contributed by atoms with Crippen LogP contribution in [0.1, 0.15) is 49.0 Å². The van der Waals surface area contributed by atoms with Crippen molar-refractivity contribution in [3.63, 3.8) is 0 Å². The highest BCUT2D eigenvalue weighted by Gasteiger charge is 2.04. The summed E-state index contributed by atoms with van der Waals surface area (Å²) in [5.41, 5.74) is 1.79. The number of carbonyl (C=O) groups excluding carboxylic acids is 1. The van der Waals surface area contributed by atoms with Gasteiger partial charge in [-0.1, -0.05) is 25.5 Å². The van der Waals surface area contributed by atoms with Gasteiger partial charge in [0.05, 0.1) is 0 Å². The number of carbonyl (C=O) groups is 1. The summed E-state index contributed by atoms with van der Waals surface area (Å²) in [7, 11) is 1.75. The topological polar surface area (TPSA) is 74.8 Å². The van der Waals surface area contributed by atoms with Gasteiger partial charge in [0.15, 0.2) is 5.96 Å². The van der Waals surface area contributed by atoms with E-state index in [0.29, 0.717) is 12.1 Å². The molecule has 0 saturated heterocycles. The van der Waals surface area contributed by atoms with Gasteiger partial charge in [0.25, 0.3) is 5.91 Å². The standard InChI is InChI=1S/C19H32N4O2.HI/c1-4-6-12-21-18(24)17-10-8-16(9-11-17)15-23-19(20-3)22-13-7-14-25-5-2;/h8-11H,4-7,12-15H2,1-3H3,(H,21,24)(H2,20,22,23);1H. The van der Waals surface area contributed by atoms with Crippen LogP contribution >= 0.6 is 24.0 Å². The third kappa shape index (κ3) is 10.6. The van der Waals surface area contributed by atoms with Crippen LogP contribution in [-0.2, 0) is 11.3 Å². The fraction of sp³-hybridized carbons (Fsp3) is 0.579. The number of hydrogen-bond acceptors (Lipinski definition) is 3. The van der Waals surface area contributed by atoms with Gasteiger partial charge in [0.1, 0.15) is 0 Å². The molecule has 3 N–H and O–H groups in total. The maximum atomic E-state index is 12.0. The number of guanidine groups is 1. The molecule has 1 rings (SSSR count). The number of nitrogens with zero attached hydrogens (tertiary/aromatic N) is 1. The Labute approximate surface area is 174 Å². The molecule has 0 aliphatic carbocycles. The molecular weight excluding hydrogens is 443 g/mol. The molecule has 0 atom stereocenters. The average molecular weight is 476 g/mol.